The summed E-state index contributed by atoms with van der Waals surface area (Å²) >= 11 is 0. The van der Waals surface area contributed by atoms with Gasteiger partial charge in [0.2, 0.25) is 27.2 Å². The van der Waals surface area contributed by atoms with Crippen LogP contribution >= 0.6 is 0 Å². The fourth-order valence-corrected chi connectivity index (χ4v) is 4.72. The molecule has 20 heteroatoms. The third kappa shape index (κ3) is 15.8. The molecule has 0 saturated carbocycles. The van der Waals surface area contributed by atoms with Crippen LogP contribution in [0.1, 0.15) is 39.0 Å². The highest BCUT2D eigenvalue weighted by Crippen LogP contribution is 2.32. The van der Waals surface area contributed by atoms with Crippen molar-refractivity contribution in [2.45, 2.75) is 27.7 Å². The van der Waals surface area contributed by atoms with Crippen molar-refractivity contribution in [1.29, 1.82) is 0 Å². The second kappa shape index (κ2) is 23.0. The number of carbonyl (C=O) groups excluding carboxylic acids is 8. The predicted molar refractivity (Wildman–Crippen MR) is 199 cm³/mol. The Morgan fingerprint density at radius 1 is 0.534 bits per heavy atom. The molecule has 0 aliphatic carbocycles. The summed E-state index contributed by atoms with van der Waals surface area (Å²) in [6.07, 6.45) is 3.26. The number of esters is 8. The lowest BCUT2D eigenvalue weighted by Gasteiger charge is -2.25. The van der Waals surface area contributed by atoms with E-state index in [1.807, 2.05) is 0 Å². The van der Waals surface area contributed by atoms with Gasteiger partial charge in [-0.25, -0.2) is 4.98 Å². The highest BCUT2D eigenvalue weighted by atomic mass is 16.7. The van der Waals surface area contributed by atoms with E-state index in [9.17, 15) is 38.4 Å². The van der Waals surface area contributed by atoms with Gasteiger partial charge in [-0.05, 0) is 29.8 Å². The van der Waals surface area contributed by atoms with Crippen molar-refractivity contribution in [3.63, 3.8) is 0 Å². The van der Waals surface area contributed by atoms with Gasteiger partial charge in [-0.2, -0.15) is 0 Å². The fourth-order valence-electron chi connectivity index (χ4n) is 4.72. The molecule has 0 radical (unpaired) electrons. The predicted octanol–water partition coefficient (Wildman–Crippen LogP) is 2.28. The molecular formula is C38H41N3O17. The Kier molecular flexibility index (Phi) is 17.9. The molecule has 1 heterocycles. The van der Waals surface area contributed by atoms with Crippen molar-refractivity contribution in [3.05, 3.63) is 59.8 Å². The number of fused-ring (bicyclic) bond motifs is 1. The van der Waals surface area contributed by atoms with Gasteiger partial charge >= 0.3 is 47.8 Å². The zero-order valence-corrected chi connectivity index (χ0v) is 32.2. The molecule has 1 aromatic heterocycles. The van der Waals surface area contributed by atoms with Gasteiger partial charge in [-0.1, -0.05) is 30.3 Å². The lowest BCUT2D eigenvalue weighted by atomic mass is 10.1. The van der Waals surface area contributed by atoms with Gasteiger partial charge in [0.25, 0.3) is 0 Å². The van der Waals surface area contributed by atoms with Crippen LogP contribution in [0.4, 0.5) is 11.4 Å². The maximum atomic E-state index is 12.8. The normalized spacial score (nSPS) is 10.5. The van der Waals surface area contributed by atoms with Gasteiger partial charge in [-0.15, -0.1) is 0 Å². The molecule has 58 heavy (non-hydrogen) atoms. The summed E-state index contributed by atoms with van der Waals surface area (Å²) in [5.41, 5.74) is 1.75. The first-order valence-corrected chi connectivity index (χ1v) is 17.1. The molecule has 0 unspecified atom stereocenters. The van der Waals surface area contributed by atoms with Crippen LogP contribution in [0.3, 0.4) is 0 Å². The number of hydrogen-bond donors (Lipinski definition) is 0. The van der Waals surface area contributed by atoms with E-state index in [4.69, 9.17) is 28.7 Å². The zero-order chi connectivity index (χ0) is 42.6. The fraction of sp³-hybridized carbons (Fsp3) is 0.342. The standard InChI is InChI=1S/C38H41N3O17/c1-24(42)51-20-55-34(46)16-40(17-35(47)56-21-52-25(2)43)32-9-7-6-8-28(32)10-12-30-13-11-29-14-31(50-5)15-33(38(29)39-30)41(18-36(48)57-22-53-26(3)44)19-37(49)58-23-54-27(4)45/h6-15H,16-23H2,1-5H3. The SMILES string of the molecule is COc1cc(N(CC(=O)OCOC(C)=O)CC(=O)OCOC(C)=O)c2nc(C=Cc3ccccc3N(CC(=O)OCOC(C)=O)CC(=O)OCOC(C)=O)ccc2c1. The van der Waals surface area contributed by atoms with Crippen LogP contribution in [0.25, 0.3) is 23.1 Å². The number of carbonyl (C=O) groups is 8. The molecule has 0 aliphatic heterocycles. The molecule has 0 N–H and O–H groups in total. The molecular weight excluding hydrogens is 770 g/mol. The van der Waals surface area contributed by atoms with Crippen molar-refractivity contribution in [1.82, 2.24) is 4.98 Å². The van der Waals surface area contributed by atoms with E-state index < -0.39 is 101 Å². The smallest absolute Gasteiger partial charge is 0.328 e. The lowest BCUT2D eigenvalue weighted by molar-refractivity contribution is -0.167. The van der Waals surface area contributed by atoms with E-state index in [0.29, 0.717) is 33.6 Å². The maximum absolute atomic E-state index is 12.8. The van der Waals surface area contributed by atoms with E-state index in [2.05, 4.69) is 18.9 Å². The number of para-hydroxylation sites is 1. The second-order valence-corrected chi connectivity index (χ2v) is 11.6. The quantitative estimate of drug-likeness (QED) is 0.0851. The average molecular weight is 812 g/mol. The number of hydrogen-bond acceptors (Lipinski definition) is 20. The van der Waals surface area contributed by atoms with Gasteiger partial charge in [0.1, 0.15) is 31.9 Å². The summed E-state index contributed by atoms with van der Waals surface area (Å²) in [7, 11) is 1.42. The van der Waals surface area contributed by atoms with Crippen molar-refractivity contribution in [2.24, 2.45) is 0 Å². The number of methoxy groups -OCH3 is 1. The molecule has 0 amide bonds. The van der Waals surface area contributed by atoms with Crippen molar-refractivity contribution >= 4 is 82.2 Å². The molecule has 0 aliphatic rings. The number of pyridine rings is 1. The third-order valence-corrected chi connectivity index (χ3v) is 7.26. The molecule has 2 aromatic carbocycles. The van der Waals surface area contributed by atoms with Gasteiger partial charge in [0.15, 0.2) is 0 Å². The largest absolute Gasteiger partial charge is 0.497 e. The van der Waals surface area contributed by atoms with Gasteiger partial charge < -0.3 is 52.4 Å². The molecule has 0 fully saturated rings. The minimum atomic E-state index is -0.882. The van der Waals surface area contributed by atoms with Crippen LogP contribution in [0, 0.1) is 0 Å². The third-order valence-electron chi connectivity index (χ3n) is 7.26. The monoisotopic (exact) mass is 811 g/mol. The van der Waals surface area contributed by atoms with E-state index >= 15 is 0 Å². The Bertz CT molecular complexity index is 1950. The van der Waals surface area contributed by atoms with Crippen LogP contribution in [0.2, 0.25) is 0 Å². The highest BCUT2D eigenvalue weighted by molar-refractivity contribution is 5.96. The van der Waals surface area contributed by atoms with E-state index in [1.54, 1.807) is 54.6 Å². The van der Waals surface area contributed by atoms with Crippen LogP contribution < -0.4 is 14.5 Å². The minimum Gasteiger partial charge on any atom is -0.497 e. The first-order valence-electron chi connectivity index (χ1n) is 17.1. The molecule has 3 aromatic rings. The summed E-state index contributed by atoms with van der Waals surface area (Å²) in [6.45, 7) is -0.186. The Hall–Kier alpha value is -7.25. The number of rotatable bonds is 21. The van der Waals surface area contributed by atoms with Crippen LogP contribution in [0.5, 0.6) is 5.75 Å². The maximum Gasteiger partial charge on any atom is 0.328 e. The minimum absolute atomic E-state index is 0.226. The zero-order valence-electron chi connectivity index (χ0n) is 32.2. The molecule has 0 spiro atoms. The first kappa shape index (κ1) is 45.1. The van der Waals surface area contributed by atoms with Crippen molar-refractivity contribution in [3.8, 4) is 5.75 Å². The Balaban J connectivity index is 2.02. The van der Waals surface area contributed by atoms with Crippen molar-refractivity contribution in [2.75, 3.05) is 70.3 Å². The summed E-state index contributed by atoms with van der Waals surface area (Å²) in [6, 6.07) is 13.2. The topological polar surface area (TPSA) is 239 Å². The Morgan fingerprint density at radius 3 is 1.40 bits per heavy atom. The van der Waals surface area contributed by atoms with E-state index in [1.165, 1.54) is 23.0 Å². The summed E-state index contributed by atoms with van der Waals surface area (Å²) in [4.78, 5) is 103. The van der Waals surface area contributed by atoms with Crippen LogP contribution in [-0.2, 0) is 76.3 Å². The highest BCUT2D eigenvalue weighted by Gasteiger charge is 2.23. The van der Waals surface area contributed by atoms with Crippen LogP contribution in [-0.4, -0.2) is 113 Å². The number of ether oxygens (including phenoxy) is 9. The molecule has 0 saturated heterocycles. The van der Waals surface area contributed by atoms with Crippen molar-refractivity contribution < 1.29 is 81.0 Å². The molecule has 0 bridgehead atoms. The average Bonchev–Trinajstić information content (AvgIpc) is 3.15. The second-order valence-electron chi connectivity index (χ2n) is 11.6. The summed E-state index contributed by atoms with van der Waals surface area (Å²) < 4.78 is 44.2. The lowest BCUT2D eigenvalue weighted by Crippen LogP contribution is -2.37. The van der Waals surface area contributed by atoms with Gasteiger partial charge in [0, 0.05) is 44.8 Å². The molecule has 0 atom stereocenters. The van der Waals surface area contributed by atoms with E-state index in [-0.39, 0.29) is 5.69 Å². The summed E-state index contributed by atoms with van der Waals surface area (Å²) in [5.74, 6) is -5.83. The number of aromatic nitrogens is 1. The number of benzene rings is 2. The molecule has 310 valence electrons. The summed E-state index contributed by atoms with van der Waals surface area (Å²) in [5, 5.41) is 0.532. The number of anilines is 2. The Morgan fingerprint density at radius 2 is 0.966 bits per heavy atom. The number of nitrogens with zero attached hydrogens (tertiary/aromatic N) is 3. The Labute approximate surface area is 331 Å². The molecule has 20 nitrogen and oxygen atoms in total. The first-order chi connectivity index (χ1) is 27.6. The van der Waals surface area contributed by atoms with Gasteiger partial charge in [-0.3, -0.25) is 38.4 Å². The van der Waals surface area contributed by atoms with Crippen LogP contribution in [0.15, 0.2) is 48.5 Å². The van der Waals surface area contributed by atoms with Gasteiger partial charge in [0.05, 0.1) is 24.0 Å². The molecule has 3 rings (SSSR count). The van der Waals surface area contributed by atoms with E-state index in [0.717, 1.165) is 27.7 Å².